The minimum Gasteiger partial charge on any atom is -1.00 e. The van der Waals surface area contributed by atoms with E-state index in [0.717, 1.165) is 5.56 Å². The third kappa shape index (κ3) is 6.12. The van der Waals surface area contributed by atoms with Crippen LogP contribution in [0.3, 0.4) is 0 Å². The fourth-order valence-electron chi connectivity index (χ4n) is 0.972. The van der Waals surface area contributed by atoms with Gasteiger partial charge in [0, 0.05) is 0 Å². The Morgan fingerprint density at radius 2 is 1.93 bits per heavy atom. The van der Waals surface area contributed by atoms with E-state index in [9.17, 15) is 8.42 Å². The van der Waals surface area contributed by atoms with Crippen LogP contribution in [0.4, 0.5) is 0 Å². The summed E-state index contributed by atoms with van der Waals surface area (Å²) in [5.41, 5.74) is 0.719. The largest absolute Gasteiger partial charge is 1.00 e. The van der Waals surface area contributed by atoms with E-state index in [1.165, 1.54) is 6.08 Å². The summed E-state index contributed by atoms with van der Waals surface area (Å²) in [7, 11) is -3.47. The van der Waals surface area contributed by atoms with Gasteiger partial charge in [0.2, 0.25) is 0 Å². The summed E-state index contributed by atoms with van der Waals surface area (Å²) in [5, 5.41) is 0. The minimum atomic E-state index is -3.47. The van der Waals surface area contributed by atoms with E-state index in [1.54, 1.807) is 24.3 Å². The normalized spacial score (nSPS) is 10.4. The monoisotopic (exact) mass is 236 g/mol. The molecule has 0 amide bonds. The van der Waals surface area contributed by atoms with Crippen molar-refractivity contribution < 1.29 is 43.6 Å². The molecule has 1 aromatic carbocycles. The zero-order chi connectivity index (χ0) is 10.4. The van der Waals surface area contributed by atoms with E-state index in [1.807, 2.05) is 6.07 Å². The Morgan fingerprint density at radius 1 is 1.33 bits per heavy atom. The van der Waals surface area contributed by atoms with Crippen molar-refractivity contribution in [2.45, 2.75) is 5.75 Å². The van der Waals surface area contributed by atoms with Crippen molar-refractivity contribution in [1.82, 2.24) is 0 Å². The fraction of sp³-hybridized carbons (Fsp3) is 0.200. The van der Waals surface area contributed by atoms with Gasteiger partial charge in [-0.1, -0.05) is 36.4 Å². The van der Waals surface area contributed by atoms with Crippen LogP contribution in [0.2, 0.25) is 0 Å². The van der Waals surface area contributed by atoms with Crippen molar-refractivity contribution in [2.24, 2.45) is 0 Å². The first-order chi connectivity index (χ1) is 6.64. The SMILES string of the molecule is C=CCOS(=O)(=O)Cc1ccccc1.[H-].[Na+]. The molecular weight excluding hydrogens is 223 g/mol. The summed E-state index contributed by atoms with van der Waals surface area (Å²) in [4.78, 5) is 0. The Hall–Kier alpha value is -0.130. The van der Waals surface area contributed by atoms with Crippen LogP contribution in [0, 0.1) is 0 Å². The van der Waals surface area contributed by atoms with Gasteiger partial charge in [-0.25, -0.2) is 0 Å². The molecule has 0 fully saturated rings. The van der Waals surface area contributed by atoms with Crippen LogP contribution >= 0.6 is 0 Å². The number of benzene rings is 1. The van der Waals surface area contributed by atoms with E-state index >= 15 is 0 Å². The van der Waals surface area contributed by atoms with Crippen molar-refractivity contribution in [3.05, 3.63) is 48.6 Å². The quantitative estimate of drug-likeness (QED) is 0.368. The Bertz CT molecular complexity index is 392. The van der Waals surface area contributed by atoms with Crippen LogP contribution in [-0.4, -0.2) is 15.0 Å². The number of hydrogen-bond donors (Lipinski definition) is 0. The Morgan fingerprint density at radius 3 is 2.47 bits per heavy atom. The molecule has 0 aromatic heterocycles. The summed E-state index contributed by atoms with van der Waals surface area (Å²) >= 11 is 0. The minimum absolute atomic E-state index is 0. The maximum absolute atomic E-state index is 11.3. The summed E-state index contributed by atoms with van der Waals surface area (Å²) in [6.07, 6.45) is 1.41. The third-order valence-corrected chi connectivity index (χ3v) is 2.73. The van der Waals surface area contributed by atoms with Crippen LogP contribution in [-0.2, 0) is 20.1 Å². The van der Waals surface area contributed by atoms with Gasteiger partial charge >= 0.3 is 29.6 Å². The molecule has 0 unspecified atom stereocenters. The molecule has 5 heteroatoms. The molecule has 3 nitrogen and oxygen atoms in total. The van der Waals surface area contributed by atoms with Gasteiger partial charge in [0.15, 0.2) is 0 Å². The summed E-state index contributed by atoms with van der Waals surface area (Å²) in [5.74, 6) is -0.0956. The summed E-state index contributed by atoms with van der Waals surface area (Å²) in [6.45, 7) is 3.40. The second-order valence-corrected chi connectivity index (χ2v) is 4.40. The van der Waals surface area contributed by atoms with Gasteiger partial charge < -0.3 is 1.43 Å². The van der Waals surface area contributed by atoms with Gasteiger partial charge in [0.1, 0.15) is 5.75 Å². The third-order valence-electron chi connectivity index (χ3n) is 1.55. The first-order valence-corrected chi connectivity index (χ1v) is 5.74. The van der Waals surface area contributed by atoms with Gasteiger partial charge in [0.25, 0.3) is 10.1 Å². The van der Waals surface area contributed by atoms with Crippen molar-refractivity contribution >= 4 is 10.1 Å². The van der Waals surface area contributed by atoms with Crippen LogP contribution in [0.15, 0.2) is 43.0 Å². The van der Waals surface area contributed by atoms with Gasteiger partial charge in [-0.2, -0.15) is 8.42 Å². The van der Waals surface area contributed by atoms with E-state index in [2.05, 4.69) is 10.8 Å². The Balaban J connectivity index is 0. The van der Waals surface area contributed by atoms with Crippen LogP contribution in [0.1, 0.15) is 6.99 Å². The standard InChI is InChI=1S/C10H12O3S.Na.H/c1-2-8-13-14(11,12)9-10-6-4-3-5-7-10;;/h2-7H,1,8-9H2;;/q;+1;-1. The van der Waals surface area contributed by atoms with Gasteiger partial charge in [-0.3, -0.25) is 4.18 Å². The smallest absolute Gasteiger partial charge is 1.00 e. The van der Waals surface area contributed by atoms with E-state index in [-0.39, 0.29) is 43.3 Å². The van der Waals surface area contributed by atoms with Crippen molar-refractivity contribution in [3.8, 4) is 0 Å². The molecule has 0 radical (unpaired) electrons. The maximum atomic E-state index is 11.3. The zero-order valence-corrected chi connectivity index (χ0v) is 11.5. The average Bonchev–Trinajstić information content (AvgIpc) is 2.16. The molecule has 15 heavy (non-hydrogen) atoms. The molecule has 0 saturated carbocycles. The van der Waals surface area contributed by atoms with Gasteiger partial charge in [0.05, 0.1) is 6.61 Å². The molecule has 0 aliphatic carbocycles. The molecule has 1 aromatic rings. The van der Waals surface area contributed by atoms with Crippen molar-refractivity contribution in [1.29, 1.82) is 0 Å². The summed E-state index contributed by atoms with van der Waals surface area (Å²) < 4.78 is 27.2. The molecule has 0 heterocycles. The fourth-order valence-corrected chi connectivity index (χ4v) is 1.96. The van der Waals surface area contributed by atoms with Crippen molar-refractivity contribution in [2.75, 3.05) is 6.61 Å². The second kappa shape index (κ2) is 7.19. The molecule has 0 atom stereocenters. The molecule has 0 N–H and O–H groups in total. The Kier molecular flexibility index (Phi) is 7.13. The predicted molar refractivity (Wildman–Crippen MR) is 56.3 cm³/mol. The number of hydrogen-bond acceptors (Lipinski definition) is 3. The first-order valence-electron chi connectivity index (χ1n) is 4.16. The van der Waals surface area contributed by atoms with Crippen molar-refractivity contribution in [3.63, 3.8) is 0 Å². The molecular formula is C10H13NaO3S. The topological polar surface area (TPSA) is 43.4 Å². The van der Waals surface area contributed by atoms with Crippen LogP contribution in [0.25, 0.3) is 0 Å². The molecule has 0 saturated heterocycles. The van der Waals surface area contributed by atoms with Gasteiger partial charge in [-0.15, -0.1) is 6.58 Å². The second-order valence-electron chi connectivity index (χ2n) is 2.76. The predicted octanol–water partition coefficient (Wildman–Crippen LogP) is -1.16. The van der Waals surface area contributed by atoms with Gasteiger partial charge in [-0.05, 0) is 5.56 Å². The molecule has 0 bridgehead atoms. The number of rotatable bonds is 5. The molecule has 0 aliphatic rings. The maximum Gasteiger partial charge on any atom is 1.00 e. The average molecular weight is 236 g/mol. The summed E-state index contributed by atoms with van der Waals surface area (Å²) in [6, 6.07) is 8.90. The van der Waals surface area contributed by atoms with Crippen LogP contribution < -0.4 is 29.6 Å². The molecule has 78 valence electrons. The van der Waals surface area contributed by atoms with Crippen LogP contribution in [0.5, 0.6) is 0 Å². The zero-order valence-electron chi connectivity index (χ0n) is 9.72. The Labute approximate surface area is 114 Å². The van der Waals surface area contributed by atoms with E-state index in [0.29, 0.717) is 0 Å². The molecule has 0 aliphatic heterocycles. The molecule has 1 rings (SSSR count). The van der Waals surface area contributed by atoms with E-state index < -0.39 is 10.1 Å². The first kappa shape index (κ1) is 14.9. The van der Waals surface area contributed by atoms with E-state index in [4.69, 9.17) is 0 Å². The molecule has 0 spiro atoms.